The van der Waals surface area contributed by atoms with Crippen LogP contribution < -0.4 is 15.4 Å². The summed E-state index contributed by atoms with van der Waals surface area (Å²) in [4.78, 5) is 16.3. The normalized spacial score (nSPS) is 15.6. The minimum absolute atomic E-state index is 0.0806. The number of urea groups is 1. The Morgan fingerprint density at radius 3 is 2.92 bits per heavy atom. The quantitative estimate of drug-likeness (QED) is 0.793. The van der Waals surface area contributed by atoms with Crippen LogP contribution in [0.1, 0.15) is 41.4 Å². The fourth-order valence-electron chi connectivity index (χ4n) is 3.11. The van der Waals surface area contributed by atoms with Crippen LogP contribution in [0.25, 0.3) is 0 Å². The third-order valence-corrected chi connectivity index (χ3v) is 4.82. The van der Waals surface area contributed by atoms with Gasteiger partial charge in [0.2, 0.25) is 0 Å². The Kier molecular flexibility index (Phi) is 5.26. The third kappa shape index (κ3) is 3.95. The standard InChI is InChI=1S/C19H26N4O2/c1-13-6-7-16-17(12-25-18(16)14(13)2)22-19(24)21-8-4-5-10-23-11-9-20-15(23)3/h6-7,9,11,17H,4-5,8,10,12H2,1-3H3,(H2,21,22,24). The largest absolute Gasteiger partial charge is 0.490 e. The first kappa shape index (κ1) is 17.3. The number of nitrogens with zero attached hydrogens (tertiary/aromatic N) is 2. The SMILES string of the molecule is Cc1ccc2c(c1C)OCC2NC(=O)NCCCCn1ccnc1C. The zero-order valence-electron chi connectivity index (χ0n) is 15.1. The predicted molar refractivity (Wildman–Crippen MR) is 96.9 cm³/mol. The van der Waals surface area contributed by atoms with Gasteiger partial charge in [0.1, 0.15) is 18.2 Å². The van der Waals surface area contributed by atoms with Crippen molar-refractivity contribution in [3.63, 3.8) is 0 Å². The van der Waals surface area contributed by atoms with Crippen LogP contribution in [-0.4, -0.2) is 28.7 Å². The Hall–Kier alpha value is -2.50. The number of benzene rings is 1. The van der Waals surface area contributed by atoms with Gasteiger partial charge in [-0.25, -0.2) is 9.78 Å². The van der Waals surface area contributed by atoms with Crippen molar-refractivity contribution in [2.24, 2.45) is 0 Å². The highest BCUT2D eigenvalue weighted by atomic mass is 16.5. The van der Waals surface area contributed by atoms with Crippen molar-refractivity contribution in [3.8, 4) is 5.75 Å². The Bertz CT molecular complexity index is 754. The summed E-state index contributed by atoms with van der Waals surface area (Å²) in [5.74, 6) is 1.94. The zero-order valence-corrected chi connectivity index (χ0v) is 15.1. The molecular weight excluding hydrogens is 316 g/mol. The van der Waals surface area contributed by atoms with E-state index < -0.39 is 0 Å². The molecule has 3 rings (SSSR count). The number of aromatic nitrogens is 2. The maximum atomic E-state index is 12.1. The highest BCUT2D eigenvalue weighted by molar-refractivity contribution is 5.74. The average molecular weight is 342 g/mol. The fraction of sp³-hybridized carbons (Fsp3) is 0.474. The van der Waals surface area contributed by atoms with Gasteiger partial charge < -0.3 is 19.9 Å². The number of ether oxygens (including phenoxy) is 1. The number of nitrogens with one attached hydrogen (secondary N) is 2. The number of rotatable bonds is 6. The van der Waals surface area contributed by atoms with E-state index in [2.05, 4.69) is 40.1 Å². The van der Waals surface area contributed by atoms with E-state index in [-0.39, 0.29) is 12.1 Å². The molecule has 0 saturated heterocycles. The zero-order chi connectivity index (χ0) is 17.8. The van der Waals surface area contributed by atoms with Gasteiger partial charge in [-0.2, -0.15) is 0 Å². The molecule has 1 aliphatic rings. The Morgan fingerprint density at radius 1 is 1.32 bits per heavy atom. The van der Waals surface area contributed by atoms with Crippen LogP contribution >= 0.6 is 0 Å². The average Bonchev–Trinajstić information content (AvgIpc) is 3.18. The number of hydrogen-bond donors (Lipinski definition) is 2. The molecule has 2 heterocycles. The minimum Gasteiger partial charge on any atom is -0.490 e. The number of carbonyl (C=O) groups is 1. The van der Waals surface area contributed by atoms with Gasteiger partial charge in [-0.3, -0.25) is 0 Å². The van der Waals surface area contributed by atoms with E-state index in [1.54, 1.807) is 0 Å². The maximum absolute atomic E-state index is 12.1. The summed E-state index contributed by atoms with van der Waals surface area (Å²) in [6.07, 6.45) is 5.73. The molecule has 0 spiro atoms. The lowest BCUT2D eigenvalue weighted by molar-refractivity contribution is 0.232. The van der Waals surface area contributed by atoms with E-state index in [1.165, 1.54) is 5.56 Å². The lowest BCUT2D eigenvalue weighted by Gasteiger charge is -2.13. The molecule has 1 unspecified atom stereocenters. The molecule has 6 heteroatoms. The second-order valence-corrected chi connectivity index (χ2v) is 6.56. The molecule has 0 bridgehead atoms. The Labute approximate surface area is 148 Å². The molecule has 2 aromatic rings. The Balaban J connectivity index is 1.41. The number of amides is 2. The molecule has 1 aromatic carbocycles. The smallest absolute Gasteiger partial charge is 0.315 e. The molecule has 0 aliphatic carbocycles. The van der Waals surface area contributed by atoms with E-state index in [0.717, 1.165) is 42.1 Å². The van der Waals surface area contributed by atoms with Gasteiger partial charge in [0, 0.05) is 31.0 Å². The fourth-order valence-corrected chi connectivity index (χ4v) is 3.11. The summed E-state index contributed by atoms with van der Waals surface area (Å²) in [6.45, 7) is 8.20. The monoisotopic (exact) mass is 342 g/mol. The first-order valence-electron chi connectivity index (χ1n) is 8.81. The number of hydrogen-bond acceptors (Lipinski definition) is 3. The molecule has 1 atom stereocenters. The third-order valence-electron chi connectivity index (χ3n) is 4.82. The van der Waals surface area contributed by atoms with Crippen LogP contribution in [0.15, 0.2) is 24.5 Å². The van der Waals surface area contributed by atoms with E-state index in [0.29, 0.717) is 13.2 Å². The van der Waals surface area contributed by atoms with Crippen LogP contribution in [0.5, 0.6) is 5.75 Å². The van der Waals surface area contributed by atoms with Crippen molar-refractivity contribution in [3.05, 3.63) is 47.0 Å². The lowest BCUT2D eigenvalue weighted by atomic mass is 10.0. The van der Waals surface area contributed by atoms with Gasteiger partial charge in [0.05, 0.1) is 6.04 Å². The molecule has 0 saturated carbocycles. The second-order valence-electron chi connectivity index (χ2n) is 6.56. The van der Waals surface area contributed by atoms with Crippen LogP contribution in [0.2, 0.25) is 0 Å². The second kappa shape index (κ2) is 7.59. The molecule has 134 valence electrons. The van der Waals surface area contributed by atoms with E-state index in [9.17, 15) is 4.79 Å². The first-order chi connectivity index (χ1) is 12.1. The van der Waals surface area contributed by atoms with Gasteiger partial charge in [-0.15, -0.1) is 0 Å². The van der Waals surface area contributed by atoms with Crippen molar-refractivity contribution >= 4 is 6.03 Å². The number of imidazole rings is 1. The highest BCUT2D eigenvalue weighted by Crippen LogP contribution is 2.36. The molecule has 2 N–H and O–H groups in total. The van der Waals surface area contributed by atoms with Crippen LogP contribution in [0.4, 0.5) is 4.79 Å². The summed E-state index contributed by atoms with van der Waals surface area (Å²) in [5, 5.41) is 5.94. The molecule has 0 radical (unpaired) electrons. The molecule has 25 heavy (non-hydrogen) atoms. The van der Waals surface area contributed by atoms with E-state index in [1.807, 2.05) is 25.4 Å². The minimum atomic E-state index is -0.140. The summed E-state index contributed by atoms with van der Waals surface area (Å²) in [6, 6.07) is 3.90. The predicted octanol–water partition coefficient (Wildman–Crippen LogP) is 3.02. The summed E-state index contributed by atoms with van der Waals surface area (Å²) in [5.41, 5.74) is 3.42. The van der Waals surface area contributed by atoms with Crippen LogP contribution in [-0.2, 0) is 6.54 Å². The maximum Gasteiger partial charge on any atom is 0.315 e. The highest BCUT2D eigenvalue weighted by Gasteiger charge is 2.27. The molecule has 1 aromatic heterocycles. The topological polar surface area (TPSA) is 68.2 Å². The summed E-state index contributed by atoms with van der Waals surface area (Å²) in [7, 11) is 0. The van der Waals surface area contributed by atoms with E-state index in [4.69, 9.17) is 4.74 Å². The van der Waals surface area contributed by atoms with Gasteiger partial charge in [-0.1, -0.05) is 12.1 Å². The molecule has 1 aliphatic heterocycles. The number of aryl methyl sites for hydroxylation is 3. The van der Waals surface area contributed by atoms with Crippen molar-refractivity contribution in [1.29, 1.82) is 0 Å². The summed E-state index contributed by atoms with van der Waals surface area (Å²) >= 11 is 0. The molecule has 6 nitrogen and oxygen atoms in total. The molecular formula is C19H26N4O2. The van der Waals surface area contributed by atoms with Gasteiger partial charge in [0.25, 0.3) is 0 Å². The van der Waals surface area contributed by atoms with Crippen molar-refractivity contribution in [2.75, 3.05) is 13.2 Å². The number of fused-ring (bicyclic) bond motifs is 1. The van der Waals surface area contributed by atoms with Crippen molar-refractivity contribution in [2.45, 2.75) is 46.2 Å². The van der Waals surface area contributed by atoms with Gasteiger partial charge in [0.15, 0.2) is 0 Å². The number of unbranched alkanes of at least 4 members (excludes halogenated alkanes) is 1. The number of carbonyl (C=O) groups excluding carboxylic acids is 1. The van der Waals surface area contributed by atoms with Gasteiger partial charge >= 0.3 is 6.03 Å². The van der Waals surface area contributed by atoms with Crippen LogP contribution in [0, 0.1) is 20.8 Å². The van der Waals surface area contributed by atoms with Crippen LogP contribution in [0.3, 0.4) is 0 Å². The lowest BCUT2D eigenvalue weighted by Crippen LogP contribution is -2.39. The molecule has 2 amide bonds. The van der Waals surface area contributed by atoms with Crippen molar-refractivity contribution < 1.29 is 9.53 Å². The van der Waals surface area contributed by atoms with Crippen molar-refractivity contribution in [1.82, 2.24) is 20.2 Å². The first-order valence-corrected chi connectivity index (χ1v) is 8.81. The van der Waals surface area contributed by atoms with E-state index >= 15 is 0 Å². The Morgan fingerprint density at radius 2 is 2.16 bits per heavy atom. The van der Waals surface area contributed by atoms with Gasteiger partial charge in [-0.05, 0) is 44.7 Å². The molecule has 0 fully saturated rings. The summed E-state index contributed by atoms with van der Waals surface area (Å²) < 4.78 is 7.89.